The predicted octanol–water partition coefficient (Wildman–Crippen LogP) is 1.14. The Bertz CT molecular complexity index is 474. The largest absolute Gasteiger partial charge is 0.481 e. The molecule has 0 fully saturated rings. The highest BCUT2D eigenvalue weighted by atomic mass is 32.2. The Labute approximate surface area is 107 Å². The number of aliphatic carboxylic acids is 1. The minimum absolute atomic E-state index is 0.00357. The van der Waals surface area contributed by atoms with Gasteiger partial charge < -0.3 is 15.5 Å². The van der Waals surface area contributed by atoms with Gasteiger partial charge in [0.1, 0.15) is 0 Å². The number of hydrogen-bond donors (Lipinski definition) is 3. The molecule has 0 bridgehead atoms. The van der Waals surface area contributed by atoms with Gasteiger partial charge in [0.05, 0.1) is 17.1 Å². The Hall–Kier alpha value is -2.02. The molecule has 6 nitrogen and oxygen atoms in total. The van der Waals surface area contributed by atoms with Gasteiger partial charge in [0.2, 0.25) is 5.91 Å². The lowest BCUT2D eigenvalue weighted by Gasteiger charge is -2.05. The number of carboxylic acids is 2. The third kappa shape index (κ3) is 4.88. The highest BCUT2D eigenvalue weighted by Crippen LogP contribution is 2.11. The molecule has 0 saturated heterocycles. The number of amides is 1. The van der Waals surface area contributed by atoms with Crippen LogP contribution in [0.4, 0.5) is 5.69 Å². The van der Waals surface area contributed by atoms with Gasteiger partial charge in [0.15, 0.2) is 0 Å². The second-order valence-corrected chi connectivity index (χ2v) is 4.31. The third-order valence-electron chi connectivity index (χ3n) is 1.85. The molecule has 1 aromatic carbocycles. The first kappa shape index (κ1) is 14.0. The van der Waals surface area contributed by atoms with Crippen molar-refractivity contribution in [1.82, 2.24) is 0 Å². The van der Waals surface area contributed by atoms with Crippen LogP contribution in [-0.4, -0.2) is 39.6 Å². The molecule has 18 heavy (non-hydrogen) atoms. The first-order chi connectivity index (χ1) is 8.49. The maximum atomic E-state index is 11.4. The van der Waals surface area contributed by atoms with Gasteiger partial charge in [-0.15, -0.1) is 11.8 Å². The molecule has 1 amide bonds. The SMILES string of the molecule is O=C(O)CSCC(=O)Nc1cccc(C(=O)O)c1. The van der Waals surface area contributed by atoms with Gasteiger partial charge in [0, 0.05) is 5.69 Å². The number of benzene rings is 1. The lowest BCUT2D eigenvalue weighted by Crippen LogP contribution is -2.15. The Balaban J connectivity index is 2.51. The average molecular weight is 269 g/mol. The summed E-state index contributed by atoms with van der Waals surface area (Å²) in [5.41, 5.74) is 0.446. The van der Waals surface area contributed by atoms with Gasteiger partial charge in [-0.05, 0) is 18.2 Å². The molecule has 0 spiro atoms. The molecule has 0 aliphatic carbocycles. The first-order valence-electron chi connectivity index (χ1n) is 4.92. The molecule has 0 aliphatic heterocycles. The number of hydrogen-bond acceptors (Lipinski definition) is 4. The highest BCUT2D eigenvalue weighted by Gasteiger charge is 2.07. The zero-order chi connectivity index (χ0) is 13.5. The second kappa shape index (κ2) is 6.65. The van der Waals surface area contributed by atoms with E-state index in [-0.39, 0.29) is 23.0 Å². The summed E-state index contributed by atoms with van der Waals surface area (Å²) in [6.45, 7) is 0. The van der Waals surface area contributed by atoms with Crippen LogP contribution in [0.25, 0.3) is 0 Å². The van der Waals surface area contributed by atoms with E-state index >= 15 is 0 Å². The number of nitrogens with one attached hydrogen (secondary N) is 1. The summed E-state index contributed by atoms with van der Waals surface area (Å²) in [5.74, 6) is -2.58. The summed E-state index contributed by atoms with van der Waals surface area (Å²) in [4.78, 5) is 32.3. The number of carbonyl (C=O) groups excluding carboxylic acids is 1. The van der Waals surface area contributed by atoms with Crippen LogP contribution < -0.4 is 5.32 Å². The fourth-order valence-corrected chi connectivity index (χ4v) is 1.69. The maximum absolute atomic E-state index is 11.4. The molecule has 0 aromatic heterocycles. The topological polar surface area (TPSA) is 104 Å². The van der Waals surface area contributed by atoms with Crippen molar-refractivity contribution in [2.24, 2.45) is 0 Å². The van der Waals surface area contributed by atoms with Crippen LogP contribution in [-0.2, 0) is 9.59 Å². The zero-order valence-corrected chi connectivity index (χ0v) is 10.1. The lowest BCUT2D eigenvalue weighted by atomic mass is 10.2. The van der Waals surface area contributed by atoms with E-state index in [4.69, 9.17) is 10.2 Å². The van der Waals surface area contributed by atoms with Crippen molar-refractivity contribution >= 4 is 35.3 Å². The second-order valence-electron chi connectivity index (χ2n) is 3.32. The first-order valence-corrected chi connectivity index (χ1v) is 6.07. The van der Waals surface area contributed by atoms with Gasteiger partial charge in [-0.1, -0.05) is 6.07 Å². The lowest BCUT2D eigenvalue weighted by molar-refractivity contribution is -0.133. The number of rotatable bonds is 6. The van der Waals surface area contributed by atoms with Crippen molar-refractivity contribution in [3.63, 3.8) is 0 Å². The Kier molecular flexibility index (Phi) is 5.19. The van der Waals surface area contributed by atoms with Crippen molar-refractivity contribution in [1.29, 1.82) is 0 Å². The molecule has 7 heteroatoms. The van der Waals surface area contributed by atoms with Crippen LogP contribution in [0.2, 0.25) is 0 Å². The fraction of sp³-hybridized carbons (Fsp3) is 0.182. The van der Waals surface area contributed by atoms with E-state index in [1.807, 2.05) is 0 Å². The molecule has 0 saturated carbocycles. The molecule has 1 aromatic rings. The Morgan fingerprint density at radius 1 is 1.17 bits per heavy atom. The average Bonchev–Trinajstić information content (AvgIpc) is 2.28. The van der Waals surface area contributed by atoms with Gasteiger partial charge in [0.25, 0.3) is 0 Å². The summed E-state index contributed by atoms with van der Waals surface area (Å²) in [6, 6.07) is 5.83. The van der Waals surface area contributed by atoms with E-state index < -0.39 is 11.9 Å². The highest BCUT2D eigenvalue weighted by molar-refractivity contribution is 8.00. The van der Waals surface area contributed by atoms with Crippen LogP contribution in [0.5, 0.6) is 0 Å². The van der Waals surface area contributed by atoms with E-state index in [2.05, 4.69) is 5.32 Å². The molecule has 0 unspecified atom stereocenters. The van der Waals surface area contributed by atoms with Crippen LogP contribution in [0.15, 0.2) is 24.3 Å². The number of carboxylic acid groups (broad SMARTS) is 2. The smallest absolute Gasteiger partial charge is 0.335 e. The number of thioether (sulfide) groups is 1. The van der Waals surface area contributed by atoms with Crippen LogP contribution in [0.1, 0.15) is 10.4 Å². The quantitative estimate of drug-likeness (QED) is 0.715. The van der Waals surface area contributed by atoms with Crippen molar-refractivity contribution in [2.75, 3.05) is 16.8 Å². The van der Waals surface area contributed by atoms with E-state index in [1.54, 1.807) is 6.07 Å². The maximum Gasteiger partial charge on any atom is 0.335 e. The van der Waals surface area contributed by atoms with Gasteiger partial charge in [-0.2, -0.15) is 0 Å². The van der Waals surface area contributed by atoms with Crippen molar-refractivity contribution < 1.29 is 24.6 Å². The number of anilines is 1. The molecule has 0 radical (unpaired) electrons. The monoisotopic (exact) mass is 269 g/mol. The predicted molar refractivity (Wildman–Crippen MR) is 67.0 cm³/mol. The molecule has 0 atom stereocenters. The Morgan fingerprint density at radius 2 is 1.89 bits per heavy atom. The number of aromatic carboxylic acids is 1. The van der Waals surface area contributed by atoms with E-state index in [9.17, 15) is 14.4 Å². The normalized spacial score (nSPS) is 9.78. The van der Waals surface area contributed by atoms with Crippen molar-refractivity contribution in [3.8, 4) is 0 Å². The minimum Gasteiger partial charge on any atom is -0.481 e. The van der Waals surface area contributed by atoms with Crippen molar-refractivity contribution in [3.05, 3.63) is 29.8 Å². The molecule has 96 valence electrons. The zero-order valence-electron chi connectivity index (χ0n) is 9.25. The molecule has 0 aliphatic rings. The fourth-order valence-electron chi connectivity index (χ4n) is 1.16. The van der Waals surface area contributed by atoms with Crippen LogP contribution in [0.3, 0.4) is 0 Å². The molecular weight excluding hydrogens is 258 g/mol. The standard InChI is InChI=1S/C11H11NO5S/c13-9(5-18-6-10(14)15)12-8-3-1-2-7(4-8)11(16)17/h1-4H,5-6H2,(H,12,13)(H,14,15)(H,16,17). The number of carbonyl (C=O) groups is 3. The minimum atomic E-state index is -1.08. The van der Waals surface area contributed by atoms with Gasteiger partial charge >= 0.3 is 11.9 Å². The summed E-state index contributed by atoms with van der Waals surface area (Å²) in [5, 5.41) is 19.7. The van der Waals surface area contributed by atoms with Gasteiger partial charge in [-0.3, -0.25) is 9.59 Å². The van der Waals surface area contributed by atoms with Gasteiger partial charge in [-0.25, -0.2) is 4.79 Å². The summed E-state index contributed by atoms with van der Waals surface area (Å²) in [6.07, 6.45) is 0. The van der Waals surface area contributed by atoms with E-state index in [0.29, 0.717) is 5.69 Å². The molecule has 3 N–H and O–H groups in total. The van der Waals surface area contributed by atoms with E-state index in [1.165, 1.54) is 18.2 Å². The molecular formula is C11H11NO5S. The summed E-state index contributed by atoms with van der Waals surface area (Å²) < 4.78 is 0. The van der Waals surface area contributed by atoms with Crippen molar-refractivity contribution in [2.45, 2.75) is 0 Å². The molecule has 1 rings (SSSR count). The van der Waals surface area contributed by atoms with Crippen LogP contribution >= 0.6 is 11.8 Å². The summed E-state index contributed by atoms with van der Waals surface area (Å²) in [7, 11) is 0. The third-order valence-corrected chi connectivity index (χ3v) is 2.77. The van der Waals surface area contributed by atoms with E-state index in [0.717, 1.165) is 11.8 Å². The molecule has 0 heterocycles. The van der Waals surface area contributed by atoms with Crippen LogP contribution in [0, 0.1) is 0 Å². The summed E-state index contributed by atoms with van der Waals surface area (Å²) >= 11 is 0.971. The Morgan fingerprint density at radius 3 is 2.50 bits per heavy atom.